The first-order chi connectivity index (χ1) is 9.53. The van der Waals surface area contributed by atoms with Gasteiger partial charge in [0.2, 0.25) is 6.79 Å². The molecular formula is C13H17NO5S. The van der Waals surface area contributed by atoms with Gasteiger partial charge in [-0.3, -0.25) is 0 Å². The zero-order chi connectivity index (χ0) is 14.2. The second-order valence-electron chi connectivity index (χ2n) is 5.23. The van der Waals surface area contributed by atoms with Crippen LogP contribution in [0.1, 0.15) is 12.0 Å². The summed E-state index contributed by atoms with van der Waals surface area (Å²) < 4.78 is 33.2. The molecule has 0 aliphatic carbocycles. The Morgan fingerprint density at radius 3 is 2.75 bits per heavy atom. The molecule has 110 valence electrons. The van der Waals surface area contributed by atoms with Gasteiger partial charge in [0.05, 0.1) is 11.5 Å². The van der Waals surface area contributed by atoms with E-state index >= 15 is 0 Å². The van der Waals surface area contributed by atoms with Crippen molar-refractivity contribution in [3.63, 3.8) is 0 Å². The van der Waals surface area contributed by atoms with E-state index < -0.39 is 9.84 Å². The highest BCUT2D eigenvalue weighted by molar-refractivity contribution is 7.91. The summed E-state index contributed by atoms with van der Waals surface area (Å²) in [5.41, 5.74) is 0.718. The molecule has 0 aromatic heterocycles. The Hall–Kier alpha value is -1.47. The summed E-state index contributed by atoms with van der Waals surface area (Å²) in [6.45, 7) is 1.28. The Kier molecular flexibility index (Phi) is 3.47. The summed E-state index contributed by atoms with van der Waals surface area (Å²) in [6.07, 6.45) is 0.711. The molecule has 2 N–H and O–H groups in total. The number of nitrogens with one attached hydrogen (secondary N) is 1. The van der Waals surface area contributed by atoms with Gasteiger partial charge in [-0.05, 0) is 24.9 Å². The van der Waals surface area contributed by atoms with E-state index in [1.54, 1.807) is 12.1 Å². The van der Waals surface area contributed by atoms with Crippen LogP contribution in [0.4, 0.5) is 0 Å². The number of hydrogen-bond acceptors (Lipinski definition) is 6. The van der Waals surface area contributed by atoms with Crippen molar-refractivity contribution in [2.45, 2.75) is 13.0 Å². The Labute approximate surface area is 117 Å². The van der Waals surface area contributed by atoms with Crippen LogP contribution in [0, 0.1) is 5.92 Å². The number of rotatable bonds is 4. The van der Waals surface area contributed by atoms with Crippen molar-refractivity contribution in [1.29, 1.82) is 0 Å². The fourth-order valence-corrected chi connectivity index (χ4v) is 4.42. The van der Waals surface area contributed by atoms with E-state index in [4.69, 9.17) is 9.47 Å². The average Bonchev–Trinajstić information content (AvgIpc) is 2.95. The average molecular weight is 299 g/mol. The van der Waals surface area contributed by atoms with Crippen molar-refractivity contribution in [2.75, 3.05) is 24.8 Å². The summed E-state index contributed by atoms with van der Waals surface area (Å²) in [4.78, 5) is 0. The number of fused-ring (bicyclic) bond motifs is 1. The summed E-state index contributed by atoms with van der Waals surface area (Å²) in [7, 11) is -2.83. The van der Waals surface area contributed by atoms with Gasteiger partial charge in [-0.15, -0.1) is 0 Å². The van der Waals surface area contributed by atoms with E-state index in [-0.39, 0.29) is 30.0 Å². The van der Waals surface area contributed by atoms with Crippen molar-refractivity contribution in [1.82, 2.24) is 5.32 Å². The molecule has 1 fully saturated rings. The number of benzene rings is 1. The molecular weight excluding hydrogens is 282 g/mol. The van der Waals surface area contributed by atoms with Gasteiger partial charge in [-0.1, -0.05) is 0 Å². The second kappa shape index (κ2) is 5.14. The first-order valence-corrected chi connectivity index (χ1v) is 8.38. The molecule has 2 aliphatic rings. The predicted octanol–water partition coefficient (Wildman–Crippen LogP) is 0.645. The summed E-state index contributed by atoms with van der Waals surface area (Å²) in [6, 6.07) is 3.29. The number of hydrogen-bond donors (Lipinski definition) is 2. The third-order valence-electron chi connectivity index (χ3n) is 3.65. The van der Waals surface area contributed by atoms with Crippen molar-refractivity contribution in [2.24, 2.45) is 5.92 Å². The summed E-state index contributed by atoms with van der Waals surface area (Å²) >= 11 is 0. The van der Waals surface area contributed by atoms with Crippen LogP contribution >= 0.6 is 0 Å². The first-order valence-electron chi connectivity index (χ1n) is 6.56. The normalized spacial score (nSPS) is 23.1. The van der Waals surface area contributed by atoms with E-state index in [0.717, 1.165) is 5.56 Å². The van der Waals surface area contributed by atoms with E-state index in [9.17, 15) is 13.5 Å². The smallest absolute Gasteiger partial charge is 0.231 e. The number of aromatic hydroxyl groups is 1. The predicted molar refractivity (Wildman–Crippen MR) is 72.7 cm³/mol. The molecule has 2 aliphatic heterocycles. The maximum Gasteiger partial charge on any atom is 0.231 e. The zero-order valence-corrected chi connectivity index (χ0v) is 11.8. The number of sulfone groups is 1. The molecule has 2 heterocycles. The molecule has 0 spiro atoms. The topological polar surface area (TPSA) is 84.9 Å². The van der Waals surface area contributed by atoms with E-state index in [1.807, 2.05) is 0 Å². The van der Waals surface area contributed by atoms with Crippen LogP contribution in [-0.2, 0) is 16.4 Å². The van der Waals surface area contributed by atoms with E-state index in [1.165, 1.54) is 0 Å². The maximum absolute atomic E-state index is 11.4. The number of phenols is 1. The quantitative estimate of drug-likeness (QED) is 0.849. The Morgan fingerprint density at radius 1 is 1.30 bits per heavy atom. The van der Waals surface area contributed by atoms with Gasteiger partial charge < -0.3 is 19.9 Å². The summed E-state index contributed by atoms with van der Waals surface area (Å²) in [5.74, 6) is 2.04. The number of phenolic OH excluding ortho intramolecular Hbond substituents is 1. The van der Waals surface area contributed by atoms with Crippen molar-refractivity contribution < 1.29 is 23.0 Å². The van der Waals surface area contributed by atoms with Gasteiger partial charge in [0.15, 0.2) is 21.3 Å². The maximum atomic E-state index is 11.4. The highest BCUT2D eigenvalue weighted by Gasteiger charge is 2.27. The highest BCUT2D eigenvalue weighted by atomic mass is 32.2. The molecule has 0 amide bonds. The largest absolute Gasteiger partial charge is 0.507 e. The first kappa shape index (κ1) is 13.5. The minimum absolute atomic E-state index is 0.154. The van der Waals surface area contributed by atoms with Gasteiger partial charge in [-0.25, -0.2) is 8.42 Å². The van der Waals surface area contributed by atoms with E-state index in [0.29, 0.717) is 31.0 Å². The lowest BCUT2D eigenvalue weighted by Gasteiger charge is -2.11. The third-order valence-corrected chi connectivity index (χ3v) is 5.49. The van der Waals surface area contributed by atoms with Gasteiger partial charge in [0, 0.05) is 18.2 Å². The molecule has 6 nitrogen and oxygen atoms in total. The lowest BCUT2D eigenvalue weighted by Crippen LogP contribution is -2.23. The van der Waals surface area contributed by atoms with Crippen LogP contribution in [0.3, 0.4) is 0 Å². The molecule has 7 heteroatoms. The molecule has 0 bridgehead atoms. The Morgan fingerprint density at radius 2 is 2.05 bits per heavy atom. The molecule has 1 saturated heterocycles. The number of ether oxygens (including phenoxy) is 2. The van der Waals surface area contributed by atoms with Crippen LogP contribution in [0.15, 0.2) is 12.1 Å². The fourth-order valence-electron chi connectivity index (χ4n) is 2.56. The molecule has 1 unspecified atom stereocenters. The Bertz CT molecular complexity index is 613. The van der Waals surface area contributed by atoms with Gasteiger partial charge in [0.1, 0.15) is 5.75 Å². The minimum atomic E-state index is -2.83. The second-order valence-corrected chi connectivity index (χ2v) is 7.46. The molecule has 1 atom stereocenters. The van der Waals surface area contributed by atoms with Crippen LogP contribution in [0.5, 0.6) is 17.2 Å². The fraction of sp³-hybridized carbons (Fsp3) is 0.538. The standard InChI is InChI=1S/C13H17NO5S/c15-11-4-13-12(18-8-19-13)3-10(11)6-14-5-9-1-2-20(16,17)7-9/h3-4,9,14-15H,1-2,5-8H2. The van der Waals surface area contributed by atoms with Crippen LogP contribution in [-0.4, -0.2) is 38.4 Å². The van der Waals surface area contributed by atoms with Crippen molar-refractivity contribution >= 4 is 9.84 Å². The van der Waals surface area contributed by atoms with Crippen molar-refractivity contribution in [3.8, 4) is 17.2 Å². The van der Waals surface area contributed by atoms with Gasteiger partial charge in [0.25, 0.3) is 0 Å². The molecule has 0 radical (unpaired) electrons. The third kappa shape index (κ3) is 2.83. The molecule has 1 aromatic carbocycles. The monoisotopic (exact) mass is 299 g/mol. The highest BCUT2D eigenvalue weighted by Crippen LogP contribution is 2.37. The van der Waals surface area contributed by atoms with E-state index in [2.05, 4.69) is 5.32 Å². The zero-order valence-electron chi connectivity index (χ0n) is 11.0. The summed E-state index contributed by atoms with van der Waals surface area (Å²) in [5, 5.41) is 13.1. The molecule has 20 heavy (non-hydrogen) atoms. The van der Waals surface area contributed by atoms with Gasteiger partial charge in [-0.2, -0.15) is 0 Å². The minimum Gasteiger partial charge on any atom is -0.507 e. The van der Waals surface area contributed by atoms with Gasteiger partial charge >= 0.3 is 0 Å². The molecule has 3 rings (SSSR count). The molecule has 0 saturated carbocycles. The van der Waals surface area contributed by atoms with Crippen LogP contribution < -0.4 is 14.8 Å². The lowest BCUT2D eigenvalue weighted by molar-refractivity contribution is 0.174. The Balaban J connectivity index is 1.57. The lowest BCUT2D eigenvalue weighted by atomic mass is 10.1. The van der Waals surface area contributed by atoms with Crippen LogP contribution in [0.25, 0.3) is 0 Å². The van der Waals surface area contributed by atoms with Crippen molar-refractivity contribution in [3.05, 3.63) is 17.7 Å². The van der Waals surface area contributed by atoms with Crippen LogP contribution in [0.2, 0.25) is 0 Å². The SMILES string of the molecule is O=S1(=O)CCC(CNCc2cc3c(cc2O)OCO3)C1. The molecule has 1 aromatic rings.